The van der Waals surface area contributed by atoms with Crippen LogP contribution < -0.4 is 5.48 Å². The third-order valence-corrected chi connectivity index (χ3v) is 4.29. The fraction of sp³-hybridized carbons (Fsp3) is 0.263. The summed E-state index contributed by atoms with van der Waals surface area (Å²) in [5.41, 5.74) is 3.33. The maximum atomic E-state index is 12.6. The molecule has 0 atom stereocenters. The SMILES string of the molecule is O=C(CCC1=CCCN(Cc2ccc3ccccc3c2)C1=O)NO. The lowest BCUT2D eigenvalue weighted by atomic mass is 10.0. The first-order valence-corrected chi connectivity index (χ1v) is 8.06. The molecule has 0 saturated carbocycles. The quantitative estimate of drug-likeness (QED) is 0.656. The van der Waals surface area contributed by atoms with E-state index in [0.29, 0.717) is 25.1 Å². The van der Waals surface area contributed by atoms with Crippen LogP contribution in [0.2, 0.25) is 0 Å². The van der Waals surface area contributed by atoms with Gasteiger partial charge in [0.2, 0.25) is 11.8 Å². The molecule has 1 aliphatic rings. The van der Waals surface area contributed by atoms with Crippen molar-refractivity contribution < 1.29 is 14.8 Å². The monoisotopic (exact) mass is 324 g/mol. The van der Waals surface area contributed by atoms with Gasteiger partial charge in [-0.2, -0.15) is 0 Å². The second-order valence-corrected chi connectivity index (χ2v) is 5.96. The minimum atomic E-state index is -0.477. The first-order chi connectivity index (χ1) is 11.7. The van der Waals surface area contributed by atoms with E-state index in [1.54, 1.807) is 5.48 Å². The van der Waals surface area contributed by atoms with E-state index in [9.17, 15) is 9.59 Å². The third kappa shape index (κ3) is 3.63. The molecule has 24 heavy (non-hydrogen) atoms. The van der Waals surface area contributed by atoms with Crippen LogP contribution in [0.1, 0.15) is 24.8 Å². The number of carbonyl (C=O) groups is 2. The Balaban J connectivity index is 1.69. The lowest BCUT2D eigenvalue weighted by Crippen LogP contribution is -2.35. The fourth-order valence-electron chi connectivity index (χ4n) is 3.01. The number of carbonyl (C=O) groups excluding carboxylic acids is 2. The lowest BCUT2D eigenvalue weighted by Gasteiger charge is -2.27. The second-order valence-electron chi connectivity index (χ2n) is 5.96. The van der Waals surface area contributed by atoms with Crippen LogP contribution in [0.5, 0.6) is 0 Å². The van der Waals surface area contributed by atoms with Crippen molar-refractivity contribution in [3.63, 3.8) is 0 Å². The van der Waals surface area contributed by atoms with Gasteiger partial charge in [0, 0.05) is 25.1 Å². The zero-order chi connectivity index (χ0) is 16.9. The van der Waals surface area contributed by atoms with Gasteiger partial charge >= 0.3 is 0 Å². The topological polar surface area (TPSA) is 69.6 Å². The molecule has 3 rings (SSSR count). The van der Waals surface area contributed by atoms with Crippen LogP contribution in [-0.2, 0) is 16.1 Å². The summed E-state index contributed by atoms with van der Waals surface area (Å²) in [5, 5.41) is 10.9. The van der Waals surface area contributed by atoms with E-state index in [1.165, 1.54) is 5.39 Å². The summed E-state index contributed by atoms with van der Waals surface area (Å²) in [4.78, 5) is 25.5. The maximum absolute atomic E-state index is 12.6. The van der Waals surface area contributed by atoms with E-state index in [4.69, 9.17) is 5.21 Å². The van der Waals surface area contributed by atoms with Crippen LogP contribution in [0.4, 0.5) is 0 Å². The van der Waals surface area contributed by atoms with Crippen molar-refractivity contribution in [2.24, 2.45) is 0 Å². The number of fused-ring (bicyclic) bond motifs is 1. The van der Waals surface area contributed by atoms with Gasteiger partial charge in [-0.05, 0) is 35.2 Å². The fourth-order valence-corrected chi connectivity index (χ4v) is 3.01. The Kier molecular flexibility index (Phi) is 4.91. The molecule has 2 N–H and O–H groups in total. The number of nitrogens with zero attached hydrogens (tertiary/aromatic N) is 1. The Hall–Kier alpha value is -2.66. The molecule has 1 heterocycles. The number of amides is 2. The largest absolute Gasteiger partial charge is 0.334 e. The smallest absolute Gasteiger partial charge is 0.249 e. The number of hydroxylamine groups is 1. The van der Waals surface area contributed by atoms with Crippen LogP contribution in [0.3, 0.4) is 0 Å². The van der Waals surface area contributed by atoms with Crippen LogP contribution in [0.15, 0.2) is 54.1 Å². The van der Waals surface area contributed by atoms with Crippen LogP contribution in [-0.4, -0.2) is 28.5 Å². The van der Waals surface area contributed by atoms with Gasteiger partial charge in [-0.25, -0.2) is 5.48 Å². The van der Waals surface area contributed by atoms with E-state index >= 15 is 0 Å². The number of nitrogens with one attached hydrogen (secondary N) is 1. The number of hydrogen-bond acceptors (Lipinski definition) is 3. The standard InChI is InChI=1S/C19H20N2O3/c22-18(20-24)10-9-16-6-3-11-21(19(16)23)13-14-7-8-15-4-1-2-5-17(15)12-14/h1-2,4-8,12,24H,3,9-11,13H2,(H,20,22). The van der Waals surface area contributed by atoms with Crippen molar-refractivity contribution in [1.82, 2.24) is 10.4 Å². The predicted molar refractivity (Wildman–Crippen MR) is 91.2 cm³/mol. The summed E-state index contributed by atoms with van der Waals surface area (Å²) in [6, 6.07) is 14.4. The first kappa shape index (κ1) is 16.2. The van der Waals surface area contributed by atoms with Crippen molar-refractivity contribution in [1.29, 1.82) is 0 Å². The first-order valence-electron chi connectivity index (χ1n) is 8.06. The molecule has 5 nitrogen and oxygen atoms in total. The van der Waals surface area contributed by atoms with E-state index in [2.05, 4.69) is 24.3 Å². The average Bonchev–Trinajstić information content (AvgIpc) is 2.62. The Labute approximate surface area is 140 Å². The molecule has 2 aromatic rings. The Bertz CT molecular complexity index is 798. The molecule has 2 amide bonds. The molecule has 0 unspecified atom stereocenters. The molecule has 0 bridgehead atoms. The normalized spacial score (nSPS) is 14.6. The molecule has 1 aliphatic heterocycles. The molecule has 2 aromatic carbocycles. The lowest BCUT2D eigenvalue weighted by molar-refractivity contribution is -0.129. The number of benzene rings is 2. The van der Waals surface area contributed by atoms with Gasteiger partial charge < -0.3 is 4.90 Å². The maximum Gasteiger partial charge on any atom is 0.249 e. The summed E-state index contributed by atoms with van der Waals surface area (Å²) in [6.07, 6.45) is 3.14. The van der Waals surface area contributed by atoms with E-state index in [0.717, 1.165) is 17.4 Å². The van der Waals surface area contributed by atoms with Crippen molar-refractivity contribution in [2.45, 2.75) is 25.8 Å². The molecular formula is C19H20N2O3. The summed E-state index contributed by atoms with van der Waals surface area (Å²) in [6.45, 7) is 1.24. The highest BCUT2D eigenvalue weighted by Gasteiger charge is 2.22. The summed E-state index contributed by atoms with van der Waals surface area (Å²) in [7, 11) is 0. The second kappa shape index (κ2) is 7.27. The zero-order valence-electron chi connectivity index (χ0n) is 13.4. The van der Waals surface area contributed by atoms with Crippen LogP contribution in [0, 0.1) is 0 Å². The summed E-state index contributed by atoms with van der Waals surface area (Å²) >= 11 is 0. The molecule has 124 valence electrons. The zero-order valence-corrected chi connectivity index (χ0v) is 13.4. The molecule has 0 aliphatic carbocycles. The van der Waals surface area contributed by atoms with Crippen molar-refractivity contribution >= 4 is 22.6 Å². The highest BCUT2D eigenvalue weighted by Crippen LogP contribution is 2.21. The Morgan fingerprint density at radius 2 is 1.96 bits per heavy atom. The van der Waals surface area contributed by atoms with Crippen molar-refractivity contribution in [2.75, 3.05) is 6.54 Å². The van der Waals surface area contributed by atoms with Gasteiger partial charge in [-0.1, -0.05) is 42.5 Å². The number of rotatable bonds is 5. The Morgan fingerprint density at radius 1 is 1.17 bits per heavy atom. The van der Waals surface area contributed by atoms with E-state index in [-0.39, 0.29) is 12.3 Å². The van der Waals surface area contributed by atoms with Gasteiger partial charge in [0.25, 0.3) is 0 Å². The van der Waals surface area contributed by atoms with Crippen molar-refractivity contribution in [3.8, 4) is 0 Å². The molecule has 0 fully saturated rings. The highest BCUT2D eigenvalue weighted by atomic mass is 16.5. The molecule has 0 aromatic heterocycles. The van der Waals surface area contributed by atoms with Gasteiger partial charge in [0.1, 0.15) is 0 Å². The number of hydrogen-bond donors (Lipinski definition) is 2. The molecule has 0 spiro atoms. The average molecular weight is 324 g/mol. The molecule has 5 heteroatoms. The van der Waals surface area contributed by atoms with Crippen LogP contribution >= 0.6 is 0 Å². The van der Waals surface area contributed by atoms with Gasteiger partial charge in [-0.15, -0.1) is 0 Å². The van der Waals surface area contributed by atoms with E-state index < -0.39 is 5.91 Å². The predicted octanol–water partition coefficient (Wildman–Crippen LogP) is 2.78. The van der Waals surface area contributed by atoms with E-state index in [1.807, 2.05) is 29.2 Å². The minimum absolute atomic E-state index is 0.0276. The van der Waals surface area contributed by atoms with Crippen molar-refractivity contribution in [3.05, 3.63) is 59.7 Å². The molecule has 0 radical (unpaired) electrons. The molecular weight excluding hydrogens is 304 g/mol. The summed E-state index contributed by atoms with van der Waals surface area (Å²) < 4.78 is 0. The van der Waals surface area contributed by atoms with Gasteiger partial charge in [-0.3, -0.25) is 14.8 Å². The van der Waals surface area contributed by atoms with Gasteiger partial charge in [0.15, 0.2) is 0 Å². The minimum Gasteiger partial charge on any atom is -0.334 e. The Morgan fingerprint density at radius 3 is 2.75 bits per heavy atom. The molecule has 0 saturated heterocycles. The third-order valence-electron chi connectivity index (χ3n) is 4.29. The highest BCUT2D eigenvalue weighted by molar-refractivity contribution is 5.95. The summed E-state index contributed by atoms with van der Waals surface area (Å²) in [5.74, 6) is -0.504. The van der Waals surface area contributed by atoms with Crippen LogP contribution in [0.25, 0.3) is 10.8 Å². The van der Waals surface area contributed by atoms with Gasteiger partial charge in [0.05, 0.1) is 0 Å².